The quantitative estimate of drug-likeness (QED) is 0.684. The van der Waals surface area contributed by atoms with E-state index in [0.717, 1.165) is 0 Å². The SMILES string of the molecule is O=C(O)c1cc(C(O)O)ccc1Br. The molecule has 0 aliphatic rings. The normalized spacial score (nSPS) is 10.5. The van der Waals surface area contributed by atoms with E-state index < -0.39 is 12.3 Å². The van der Waals surface area contributed by atoms with E-state index in [1.165, 1.54) is 18.2 Å². The number of carbonyl (C=O) groups is 1. The van der Waals surface area contributed by atoms with Crippen LogP contribution in [0, 0.1) is 0 Å². The molecule has 13 heavy (non-hydrogen) atoms. The highest BCUT2D eigenvalue weighted by Crippen LogP contribution is 2.20. The van der Waals surface area contributed by atoms with Gasteiger partial charge in [0.1, 0.15) is 0 Å². The molecule has 0 radical (unpaired) electrons. The van der Waals surface area contributed by atoms with Crippen LogP contribution >= 0.6 is 15.9 Å². The predicted molar refractivity (Wildman–Crippen MR) is 48.3 cm³/mol. The van der Waals surface area contributed by atoms with Crippen molar-refractivity contribution in [1.82, 2.24) is 0 Å². The average Bonchev–Trinajstić information content (AvgIpc) is 2.04. The highest BCUT2D eigenvalue weighted by Gasteiger charge is 2.11. The van der Waals surface area contributed by atoms with Crippen LogP contribution in [0.5, 0.6) is 0 Å². The molecule has 0 aromatic heterocycles. The predicted octanol–water partition coefficient (Wildman–Crippen LogP) is 1.13. The molecule has 0 bridgehead atoms. The summed E-state index contributed by atoms with van der Waals surface area (Å²) in [4.78, 5) is 10.6. The second kappa shape index (κ2) is 3.87. The molecule has 1 aromatic rings. The fourth-order valence-corrected chi connectivity index (χ4v) is 1.28. The maximum absolute atomic E-state index is 10.6. The molecule has 70 valence electrons. The third-order valence-electron chi connectivity index (χ3n) is 1.52. The third kappa shape index (κ3) is 2.27. The van der Waals surface area contributed by atoms with Gasteiger partial charge in [-0.25, -0.2) is 4.79 Å². The first-order chi connectivity index (χ1) is 6.02. The van der Waals surface area contributed by atoms with Crippen LogP contribution in [0.3, 0.4) is 0 Å². The van der Waals surface area contributed by atoms with Gasteiger partial charge in [-0.2, -0.15) is 0 Å². The first kappa shape index (κ1) is 10.2. The number of hydrogen-bond donors (Lipinski definition) is 3. The van der Waals surface area contributed by atoms with Gasteiger partial charge >= 0.3 is 5.97 Å². The minimum Gasteiger partial charge on any atom is -0.478 e. The zero-order valence-corrected chi connectivity index (χ0v) is 8.02. The number of aliphatic hydroxyl groups is 2. The molecule has 0 saturated carbocycles. The monoisotopic (exact) mass is 246 g/mol. The maximum atomic E-state index is 10.6. The van der Waals surface area contributed by atoms with Crippen LogP contribution < -0.4 is 0 Å². The lowest BCUT2D eigenvalue weighted by Gasteiger charge is -2.05. The maximum Gasteiger partial charge on any atom is 0.336 e. The fraction of sp³-hybridized carbons (Fsp3) is 0.125. The van der Waals surface area contributed by atoms with Gasteiger partial charge in [-0.1, -0.05) is 6.07 Å². The molecule has 0 aliphatic heterocycles. The van der Waals surface area contributed by atoms with Crippen LogP contribution in [0.25, 0.3) is 0 Å². The number of halogens is 1. The summed E-state index contributed by atoms with van der Waals surface area (Å²) in [6, 6.07) is 4.09. The fourth-order valence-electron chi connectivity index (χ4n) is 0.867. The Labute approximate surface area is 82.6 Å². The van der Waals surface area contributed by atoms with Gasteiger partial charge in [0.15, 0.2) is 6.29 Å². The second-order valence-electron chi connectivity index (χ2n) is 2.42. The molecule has 5 heteroatoms. The van der Waals surface area contributed by atoms with Crippen molar-refractivity contribution in [2.75, 3.05) is 0 Å². The summed E-state index contributed by atoms with van der Waals surface area (Å²) in [6.07, 6.45) is -1.65. The number of aromatic carboxylic acids is 1. The number of carboxylic acids is 1. The van der Waals surface area contributed by atoms with Crippen LogP contribution in [0.2, 0.25) is 0 Å². The summed E-state index contributed by atoms with van der Waals surface area (Å²) in [5, 5.41) is 26.2. The summed E-state index contributed by atoms with van der Waals surface area (Å²) < 4.78 is 0.407. The number of hydrogen-bond acceptors (Lipinski definition) is 3. The largest absolute Gasteiger partial charge is 0.478 e. The number of benzene rings is 1. The molecule has 0 saturated heterocycles. The van der Waals surface area contributed by atoms with Crippen molar-refractivity contribution >= 4 is 21.9 Å². The third-order valence-corrected chi connectivity index (χ3v) is 2.21. The molecule has 0 atom stereocenters. The Bertz CT molecular complexity index is 335. The van der Waals surface area contributed by atoms with Gasteiger partial charge in [0.05, 0.1) is 5.56 Å². The standard InChI is InChI=1S/C8H7BrO4/c9-6-2-1-4(7(10)11)3-5(6)8(12)13/h1-3,7,10-11H,(H,12,13). The van der Waals surface area contributed by atoms with Crippen LogP contribution in [0.4, 0.5) is 0 Å². The van der Waals surface area contributed by atoms with Crippen molar-refractivity contribution in [3.63, 3.8) is 0 Å². The van der Waals surface area contributed by atoms with Gasteiger partial charge in [-0.3, -0.25) is 0 Å². The molecule has 0 unspecified atom stereocenters. The van der Waals surface area contributed by atoms with Crippen molar-refractivity contribution in [3.05, 3.63) is 33.8 Å². The van der Waals surface area contributed by atoms with Crippen LogP contribution in [-0.2, 0) is 0 Å². The molecule has 0 heterocycles. The van der Waals surface area contributed by atoms with E-state index in [9.17, 15) is 4.79 Å². The van der Waals surface area contributed by atoms with E-state index in [1.54, 1.807) is 0 Å². The molecular weight excluding hydrogens is 240 g/mol. The molecule has 0 aliphatic carbocycles. The van der Waals surface area contributed by atoms with Crippen LogP contribution in [0.15, 0.2) is 22.7 Å². The summed E-state index contributed by atoms with van der Waals surface area (Å²) >= 11 is 3.04. The summed E-state index contributed by atoms with van der Waals surface area (Å²) in [6.45, 7) is 0. The topological polar surface area (TPSA) is 77.8 Å². The van der Waals surface area contributed by atoms with Gasteiger partial charge in [-0.05, 0) is 28.1 Å². The molecule has 0 spiro atoms. The Kier molecular flexibility index (Phi) is 3.02. The highest BCUT2D eigenvalue weighted by atomic mass is 79.9. The van der Waals surface area contributed by atoms with E-state index in [1.807, 2.05) is 0 Å². The van der Waals surface area contributed by atoms with Gasteiger partial charge in [-0.15, -0.1) is 0 Å². The molecule has 1 aromatic carbocycles. The molecular formula is C8H7BrO4. The van der Waals surface area contributed by atoms with E-state index in [2.05, 4.69) is 15.9 Å². The van der Waals surface area contributed by atoms with Crippen molar-refractivity contribution in [3.8, 4) is 0 Å². The van der Waals surface area contributed by atoms with Crippen molar-refractivity contribution in [2.45, 2.75) is 6.29 Å². The van der Waals surface area contributed by atoms with Crippen LogP contribution in [0.1, 0.15) is 22.2 Å². The van der Waals surface area contributed by atoms with E-state index in [4.69, 9.17) is 15.3 Å². The zero-order chi connectivity index (χ0) is 10.0. The minimum atomic E-state index is -1.65. The van der Waals surface area contributed by atoms with Gasteiger partial charge < -0.3 is 15.3 Å². The Balaban J connectivity index is 3.19. The lowest BCUT2D eigenvalue weighted by atomic mass is 10.1. The van der Waals surface area contributed by atoms with Gasteiger partial charge in [0.2, 0.25) is 0 Å². The number of rotatable bonds is 2. The van der Waals surface area contributed by atoms with E-state index in [-0.39, 0.29) is 11.1 Å². The summed E-state index contributed by atoms with van der Waals surface area (Å²) in [5.41, 5.74) is 0.159. The Morgan fingerprint density at radius 3 is 2.46 bits per heavy atom. The first-order valence-corrected chi connectivity index (χ1v) is 4.20. The average molecular weight is 247 g/mol. The molecule has 0 amide bonds. The van der Waals surface area contributed by atoms with Crippen molar-refractivity contribution < 1.29 is 20.1 Å². The molecule has 1 rings (SSSR count). The lowest BCUT2D eigenvalue weighted by Crippen LogP contribution is -2.01. The Hall–Kier alpha value is -0.910. The molecule has 3 N–H and O–H groups in total. The molecule has 0 fully saturated rings. The van der Waals surface area contributed by atoms with E-state index >= 15 is 0 Å². The summed E-state index contributed by atoms with van der Waals surface area (Å²) in [7, 11) is 0. The zero-order valence-electron chi connectivity index (χ0n) is 6.44. The van der Waals surface area contributed by atoms with Gasteiger partial charge in [0, 0.05) is 10.0 Å². The first-order valence-electron chi connectivity index (χ1n) is 3.41. The van der Waals surface area contributed by atoms with Crippen molar-refractivity contribution in [1.29, 1.82) is 0 Å². The summed E-state index contributed by atoms with van der Waals surface area (Å²) in [5.74, 6) is -1.12. The molecule has 4 nitrogen and oxygen atoms in total. The number of carboxylic acid groups (broad SMARTS) is 1. The number of aliphatic hydroxyl groups excluding tert-OH is 1. The van der Waals surface area contributed by atoms with Gasteiger partial charge in [0.25, 0.3) is 0 Å². The highest BCUT2D eigenvalue weighted by molar-refractivity contribution is 9.10. The smallest absolute Gasteiger partial charge is 0.336 e. The van der Waals surface area contributed by atoms with E-state index in [0.29, 0.717) is 4.47 Å². The van der Waals surface area contributed by atoms with Crippen molar-refractivity contribution in [2.24, 2.45) is 0 Å². The minimum absolute atomic E-state index is 0.00519. The lowest BCUT2D eigenvalue weighted by molar-refractivity contribution is -0.0425. The Morgan fingerprint density at radius 1 is 1.38 bits per heavy atom. The Morgan fingerprint density at radius 2 is 2.00 bits per heavy atom. The second-order valence-corrected chi connectivity index (χ2v) is 3.27. The van der Waals surface area contributed by atoms with Crippen LogP contribution in [-0.4, -0.2) is 21.3 Å².